The van der Waals surface area contributed by atoms with Gasteiger partial charge in [-0.15, -0.1) is 0 Å². The van der Waals surface area contributed by atoms with E-state index in [0.29, 0.717) is 0 Å². The summed E-state index contributed by atoms with van der Waals surface area (Å²) in [4.78, 5) is 44.9. The lowest BCUT2D eigenvalue weighted by Gasteiger charge is -2.23. The van der Waals surface area contributed by atoms with Gasteiger partial charge in [0.1, 0.15) is 18.6 Å². The first-order valence-electron chi connectivity index (χ1n) is 6.34. The minimum absolute atomic E-state index is 0.112. The van der Waals surface area contributed by atoms with Crippen molar-refractivity contribution in [3.05, 3.63) is 0 Å². The molecule has 0 aliphatic carbocycles. The molecule has 0 radical (unpaired) electrons. The lowest BCUT2D eigenvalue weighted by molar-refractivity contribution is -0.142. The Morgan fingerprint density at radius 1 is 1.21 bits per heavy atom. The van der Waals surface area contributed by atoms with Crippen molar-refractivity contribution in [2.75, 3.05) is 12.3 Å². The summed E-state index contributed by atoms with van der Waals surface area (Å²) in [6.45, 7) is -1.22. The van der Waals surface area contributed by atoms with Crippen LogP contribution in [0.25, 0.3) is 0 Å². The van der Waals surface area contributed by atoms with E-state index < -0.39 is 52.6 Å². The van der Waals surface area contributed by atoms with Crippen LogP contribution in [0.15, 0.2) is 0 Å². The van der Waals surface area contributed by atoms with Crippen molar-refractivity contribution in [3.63, 3.8) is 0 Å². The van der Waals surface area contributed by atoms with Gasteiger partial charge in [0.2, 0.25) is 5.91 Å². The van der Waals surface area contributed by atoms with Crippen molar-refractivity contribution in [1.29, 1.82) is 0 Å². The maximum atomic E-state index is 12.1. The molecule has 0 saturated heterocycles. The number of carboxylic acids is 2. The molecular weight excluding hydrogens is 368 g/mol. The summed E-state index contributed by atoms with van der Waals surface area (Å²) < 4.78 is 22.5. The second kappa shape index (κ2) is 9.41. The zero-order valence-electron chi connectivity index (χ0n) is 12.3. The van der Waals surface area contributed by atoms with Gasteiger partial charge in [-0.1, -0.05) is 0 Å². The Morgan fingerprint density at radius 3 is 2.12 bits per heavy atom. The topological polar surface area (TPSA) is 210 Å². The Morgan fingerprint density at radius 2 is 1.75 bits per heavy atom. The summed E-state index contributed by atoms with van der Waals surface area (Å²) >= 11 is 3.79. The van der Waals surface area contributed by atoms with Crippen LogP contribution in [0.4, 0.5) is 0 Å². The van der Waals surface area contributed by atoms with Gasteiger partial charge in [0.25, 0.3) is 5.91 Å². The maximum Gasteiger partial charge on any atom is 0.324 e. The highest BCUT2D eigenvalue weighted by Gasteiger charge is 2.32. The lowest BCUT2D eigenvalue weighted by atomic mass is 10.1. The van der Waals surface area contributed by atoms with Crippen LogP contribution >= 0.6 is 12.6 Å². The smallest absolute Gasteiger partial charge is 0.324 e. The van der Waals surface area contributed by atoms with Crippen molar-refractivity contribution in [3.8, 4) is 0 Å². The first-order chi connectivity index (χ1) is 10.9. The molecule has 0 aliphatic rings. The standard InChI is InChI=1S/C10H18N4O8S2/c11-5(10(19)20)1-2-7(15)13-6(4-23)9(18)14(3-8(16)17)24(12,21)22/h5-6,23H,1-4,11H2,(H,13,15)(H,16,17)(H,19,20)(H2,12,21,22). The normalized spacial score (nSPS) is 13.6. The predicted molar refractivity (Wildman–Crippen MR) is 83.1 cm³/mol. The Kier molecular flexibility index (Phi) is 8.66. The van der Waals surface area contributed by atoms with Gasteiger partial charge in [-0.05, 0) is 6.42 Å². The Labute approximate surface area is 142 Å². The third kappa shape index (κ3) is 7.58. The van der Waals surface area contributed by atoms with Gasteiger partial charge in [0.05, 0.1) is 0 Å². The van der Waals surface area contributed by atoms with Gasteiger partial charge in [0, 0.05) is 12.2 Å². The highest BCUT2D eigenvalue weighted by molar-refractivity contribution is 7.87. The summed E-state index contributed by atoms with van der Waals surface area (Å²) in [5.74, 6) is -5.36. The number of thiol groups is 1. The first-order valence-corrected chi connectivity index (χ1v) is 8.48. The fourth-order valence-electron chi connectivity index (χ4n) is 1.45. The molecular formula is C10H18N4O8S2. The number of carboxylic acid groups (broad SMARTS) is 2. The van der Waals surface area contributed by atoms with E-state index >= 15 is 0 Å². The van der Waals surface area contributed by atoms with Crippen LogP contribution in [-0.4, -0.2) is 71.1 Å². The number of carbonyl (C=O) groups excluding carboxylic acids is 2. The summed E-state index contributed by atoms with van der Waals surface area (Å²) in [6, 6.07) is -2.76. The van der Waals surface area contributed by atoms with Gasteiger partial charge in [-0.3, -0.25) is 19.2 Å². The molecule has 0 aliphatic heterocycles. The number of hydrogen-bond donors (Lipinski definition) is 6. The molecule has 2 atom stereocenters. The number of amides is 2. The monoisotopic (exact) mass is 386 g/mol. The molecule has 2 unspecified atom stereocenters. The Bertz CT molecular complexity index is 608. The molecule has 0 bridgehead atoms. The minimum Gasteiger partial charge on any atom is -0.480 e. The van der Waals surface area contributed by atoms with Crippen molar-refractivity contribution in [1.82, 2.24) is 9.62 Å². The van der Waals surface area contributed by atoms with E-state index in [1.54, 1.807) is 0 Å². The van der Waals surface area contributed by atoms with E-state index in [9.17, 15) is 27.6 Å². The van der Waals surface area contributed by atoms with Crippen molar-refractivity contribution >= 4 is 46.6 Å². The molecule has 0 aromatic heterocycles. The lowest BCUT2D eigenvalue weighted by Crippen LogP contribution is -2.54. The maximum absolute atomic E-state index is 12.1. The average Bonchev–Trinajstić information content (AvgIpc) is 2.45. The van der Waals surface area contributed by atoms with E-state index in [1.165, 1.54) is 0 Å². The van der Waals surface area contributed by atoms with Crippen LogP contribution < -0.4 is 16.2 Å². The second-order valence-corrected chi connectivity index (χ2v) is 6.41. The molecule has 14 heteroatoms. The summed E-state index contributed by atoms with van der Waals surface area (Å²) in [5, 5.41) is 24.1. The van der Waals surface area contributed by atoms with E-state index in [4.69, 9.17) is 21.1 Å². The fraction of sp³-hybridized carbons (Fsp3) is 0.600. The molecule has 0 heterocycles. The highest BCUT2D eigenvalue weighted by atomic mass is 32.2. The molecule has 0 saturated carbocycles. The largest absolute Gasteiger partial charge is 0.480 e. The molecule has 0 fully saturated rings. The molecule has 0 aromatic carbocycles. The van der Waals surface area contributed by atoms with Crippen LogP contribution in [0.2, 0.25) is 0 Å². The number of carbonyl (C=O) groups is 4. The number of nitrogens with one attached hydrogen (secondary N) is 1. The third-order valence-corrected chi connectivity index (χ3v) is 3.94. The molecule has 0 rings (SSSR count). The van der Waals surface area contributed by atoms with Crippen molar-refractivity contribution in [2.45, 2.75) is 24.9 Å². The molecule has 138 valence electrons. The predicted octanol–water partition coefficient (Wildman–Crippen LogP) is -3.29. The number of hydrogen-bond acceptors (Lipinski definition) is 8. The number of aliphatic carboxylic acids is 2. The SMILES string of the molecule is NC(CCC(=O)NC(CS)C(=O)N(CC(=O)O)S(N)(=O)=O)C(=O)O. The van der Waals surface area contributed by atoms with Gasteiger partial charge in [-0.2, -0.15) is 21.0 Å². The first kappa shape index (κ1) is 22.1. The molecule has 0 aromatic rings. The van der Waals surface area contributed by atoms with Gasteiger partial charge in [0.15, 0.2) is 0 Å². The van der Waals surface area contributed by atoms with Crippen molar-refractivity contribution < 1.29 is 37.8 Å². The van der Waals surface area contributed by atoms with E-state index in [2.05, 4.69) is 17.9 Å². The third-order valence-electron chi connectivity index (χ3n) is 2.65. The molecule has 12 nitrogen and oxygen atoms in total. The van der Waals surface area contributed by atoms with Gasteiger partial charge < -0.3 is 21.3 Å². The zero-order valence-corrected chi connectivity index (χ0v) is 14.0. The molecule has 0 spiro atoms. The zero-order chi connectivity index (χ0) is 19.1. The van der Waals surface area contributed by atoms with Crippen LogP contribution in [0.5, 0.6) is 0 Å². The summed E-state index contributed by atoms with van der Waals surface area (Å²) in [7, 11) is -4.67. The summed E-state index contributed by atoms with van der Waals surface area (Å²) in [6.07, 6.45) is -0.567. The highest BCUT2D eigenvalue weighted by Crippen LogP contribution is 2.04. The van der Waals surface area contributed by atoms with Crippen LogP contribution in [0, 0.1) is 0 Å². The van der Waals surface area contributed by atoms with Gasteiger partial charge >= 0.3 is 22.1 Å². The fourth-order valence-corrected chi connectivity index (χ4v) is 2.37. The van der Waals surface area contributed by atoms with E-state index in [1.807, 2.05) is 0 Å². The van der Waals surface area contributed by atoms with Crippen molar-refractivity contribution in [2.24, 2.45) is 10.9 Å². The van der Waals surface area contributed by atoms with Crippen LogP contribution in [0.1, 0.15) is 12.8 Å². The van der Waals surface area contributed by atoms with E-state index in [0.717, 1.165) is 0 Å². The second-order valence-electron chi connectivity index (χ2n) is 4.57. The quantitative estimate of drug-likeness (QED) is 0.207. The van der Waals surface area contributed by atoms with Crippen LogP contribution in [-0.2, 0) is 29.4 Å². The summed E-state index contributed by atoms with van der Waals surface area (Å²) in [5.41, 5.74) is 5.22. The van der Waals surface area contributed by atoms with Crippen LogP contribution in [0.3, 0.4) is 0 Å². The minimum atomic E-state index is -4.67. The average molecular weight is 386 g/mol. The number of nitrogens with two attached hydrogens (primary N) is 2. The molecule has 2 amide bonds. The number of nitrogens with zero attached hydrogens (tertiary/aromatic N) is 1. The molecule has 7 N–H and O–H groups in total. The Balaban J connectivity index is 4.98. The number of rotatable bonds is 10. The van der Waals surface area contributed by atoms with E-state index in [-0.39, 0.29) is 22.9 Å². The Hall–Kier alpha value is -1.90. The molecule has 24 heavy (non-hydrogen) atoms. The van der Waals surface area contributed by atoms with Gasteiger partial charge in [-0.25, -0.2) is 9.44 Å².